The highest BCUT2D eigenvalue weighted by molar-refractivity contribution is 7.98. The molecule has 0 aliphatic rings. The van der Waals surface area contributed by atoms with Crippen LogP contribution in [-0.4, -0.2) is 36.5 Å². The molecule has 0 spiro atoms. The Morgan fingerprint density at radius 1 is 1.16 bits per heavy atom. The number of fused-ring (bicyclic) bond motifs is 1. The van der Waals surface area contributed by atoms with Gasteiger partial charge in [0.05, 0.1) is 11.9 Å². The van der Waals surface area contributed by atoms with E-state index in [1.807, 2.05) is 31.4 Å². The Morgan fingerprint density at radius 3 is 2.74 bits per heavy atom. The minimum absolute atomic E-state index is 0.0610. The second kappa shape index (κ2) is 8.73. The van der Waals surface area contributed by atoms with Gasteiger partial charge in [-0.1, -0.05) is 12.1 Å². The third-order valence-corrected chi connectivity index (χ3v) is 5.68. The van der Waals surface area contributed by atoms with Gasteiger partial charge >= 0.3 is 0 Å². The number of hydrogen-bond acceptors (Lipinski definition) is 6. The summed E-state index contributed by atoms with van der Waals surface area (Å²) in [7, 11) is 0. The third-order valence-electron chi connectivity index (χ3n) is 4.95. The maximum atomic E-state index is 12.0. The molecule has 8 nitrogen and oxygen atoms in total. The molecule has 1 amide bonds. The van der Waals surface area contributed by atoms with Crippen LogP contribution < -0.4 is 11.3 Å². The van der Waals surface area contributed by atoms with Crippen molar-refractivity contribution in [3.8, 4) is 5.82 Å². The van der Waals surface area contributed by atoms with E-state index >= 15 is 0 Å². The summed E-state index contributed by atoms with van der Waals surface area (Å²) in [6.07, 6.45) is 4.14. The Labute approximate surface area is 183 Å². The lowest BCUT2D eigenvalue weighted by molar-refractivity contribution is -0.117. The van der Waals surface area contributed by atoms with Crippen LogP contribution in [0.5, 0.6) is 0 Å². The Morgan fingerprint density at radius 2 is 2.00 bits per heavy atom. The summed E-state index contributed by atoms with van der Waals surface area (Å²) in [5, 5.41) is 5.56. The molecule has 0 aliphatic heterocycles. The second-order valence-electron chi connectivity index (χ2n) is 7.16. The molecule has 0 bridgehead atoms. The molecule has 0 saturated heterocycles. The topological polar surface area (TPSA) is 109 Å². The van der Waals surface area contributed by atoms with Crippen molar-refractivity contribution in [1.29, 1.82) is 0 Å². The van der Waals surface area contributed by atoms with Crippen LogP contribution in [0.4, 0.5) is 0 Å². The first kappa shape index (κ1) is 20.8. The number of nitrogens with zero attached hydrogens (tertiary/aromatic N) is 5. The van der Waals surface area contributed by atoms with Crippen LogP contribution in [0.25, 0.3) is 16.7 Å². The zero-order chi connectivity index (χ0) is 22.0. The van der Waals surface area contributed by atoms with Crippen molar-refractivity contribution in [2.75, 3.05) is 6.26 Å². The van der Waals surface area contributed by atoms with Crippen LogP contribution in [0, 0.1) is 6.92 Å². The number of thioether (sulfide) groups is 1. The number of nitrogens with two attached hydrogens (primary N) is 1. The predicted molar refractivity (Wildman–Crippen MR) is 120 cm³/mol. The number of primary amides is 1. The molecular formula is C22H22N6O2S. The van der Waals surface area contributed by atoms with E-state index in [1.165, 1.54) is 6.07 Å². The van der Waals surface area contributed by atoms with Crippen molar-refractivity contribution in [2.45, 2.75) is 31.2 Å². The maximum absolute atomic E-state index is 12.0. The molecule has 3 heterocycles. The van der Waals surface area contributed by atoms with Crippen LogP contribution in [0.3, 0.4) is 0 Å². The van der Waals surface area contributed by atoms with Crippen LogP contribution >= 0.6 is 11.8 Å². The molecule has 0 radical (unpaired) electrons. The lowest BCUT2D eigenvalue weighted by Crippen LogP contribution is -2.20. The van der Waals surface area contributed by atoms with Gasteiger partial charge in [-0.15, -0.1) is 16.9 Å². The van der Waals surface area contributed by atoms with Gasteiger partial charge in [-0.05, 0) is 43.0 Å². The van der Waals surface area contributed by atoms with Crippen molar-refractivity contribution < 1.29 is 4.79 Å². The van der Waals surface area contributed by atoms with Gasteiger partial charge in [-0.2, -0.15) is 4.68 Å². The number of aryl methyl sites for hydroxylation is 3. The zero-order valence-electron chi connectivity index (χ0n) is 17.3. The van der Waals surface area contributed by atoms with Gasteiger partial charge in [0, 0.05) is 35.5 Å². The number of aromatic nitrogens is 5. The largest absolute Gasteiger partial charge is 0.369 e. The number of amides is 1. The standard InChI is InChI=1S/C22H22N6O2S/c1-14-11-21(24-17-12-15(31-2)6-7-16(14)17)28-20(25-19(26-28)13-18(23)29)8-10-27-9-4-3-5-22(27)30/h3-7,9,11-12H,8,10,13H2,1-2H3,(H2,23,29). The molecule has 1 aromatic carbocycles. The van der Waals surface area contributed by atoms with Crippen molar-refractivity contribution in [2.24, 2.45) is 5.73 Å². The van der Waals surface area contributed by atoms with Gasteiger partial charge in [-0.3, -0.25) is 9.59 Å². The van der Waals surface area contributed by atoms with Gasteiger partial charge in [0.1, 0.15) is 5.82 Å². The molecule has 0 fully saturated rings. The van der Waals surface area contributed by atoms with E-state index in [-0.39, 0.29) is 12.0 Å². The lowest BCUT2D eigenvalue weighted by atomic mass is 10.1. The highest BCUT2D eigenvalue weighted by Gasteiger charge is 2.16. The van der Waals surface area contributed by atoms with E-state index in [1.54, 1.807) is 33.3 Å². The number of rotatable bonds is 7. The maximum Gasteiger partial charge on any atom is 0.250 e. The van der Waals surface area contributed by atoms with E-state index < -0.39 is 5.91 Å². The fourth-order valence-corrected chi connectivity index (χ4v) is 3.87. The summed E-state index contributed by atoms with van der Waals surface area (Å²) in [6.45, 7) is 2.45. The molecule has 4 rings (SSSR count). The minimum Gasteiger partial charge on any atom is -0.369 e. The molecule has 31 heavy (non-hydrogen) atoms. The summed E-state index contributed by atoms with van der Waals surface area (Å²) in [5.41, 5.74) is 7.18. The fraction of sp³-hybridized carbons (Fsp3) is 0.227. The van der Waals surface area contributed by atoms with Crippen LogP contribution in [0.15, 0.2) is 58.4 Å². The number of benzene rings is 1. The summed E-state index contributed by atoms with van der Waals surface area (Å²) in [4.78, 5) is 33.9. The normalized spacial score (nSPS) is 11.2. The van der Waals surface area contributed by atoms with Gasteiger partial charge in [0.2, 0.25) is 5.91 Å². The first-order valence-electron chi connectivity index (χ1n) is 9.79. The summed E-state index contributed by atoms with van der Waals surface area (Å²) >= 11 is 1.65. The van der Waals surface area contributed by atoms with E-state index in [9.17, 15) is 9.59 Å². The molecule has 2 N–H and O–H groups in total. The molecule has 0 aliphatic carbocycles. The Bertz CT molecular complexity index is 1330. The Balaban J connectivity index is 1.77. The number of pyridine rings is 2. The molecule has 0 unspecified atom stereocenters. The second-order valence-corrected chi connectivity index (χ2v) is 8.04. The average molecular weight is 435 g/mol. The van der Waals surface area contributed by atoms with Gasteiger partial charge < -0.3 is 10.3 Å². The minimum atomic E-state index is -0.504. The van der Waals surface area contributed by atoms with E-state index in [2.05, 4.69) is 22.2 Å². The number of carbonyl (C=O) groups excluding carboxylic acids is 1. The Kier molecular flexibility index (Phi) is 5.85. The van der Waals surface area contributed by atoms with E-state index in [4.69, 9.17) is 10.7 Å². The van der Waals surface area contributed by atoms with E-state index in [0.717, 1.165) is 21.4 Å². The van der Waals surface area contributed by atoms with Crippen molar-refractivity contribution >= 4 is 28.6 Å². The van der Waals surface area contributed by atoms with Crippen LogP contribution in [0.1, 0.15) is 17.2 Å². The fourth-order valence-electron chi connectivity index (χ4n) is 3.43. The molecule has 158 valence electrons. The van der Waals surface area contributed by atoms with Crippen molar-refractivity contribution in [1.82, 2.24) is 24.3 Å². The molecule has 3 aromatic heterocycles. The third kappa shape index (κ3) is 4.51. The quantitative estimate of drug-likeness (QED) is 0.447. The molecule has 0 saturated carbocycles. The first-order chi connectivity index (χ1) is 14.9. The molecule has 4 aromatic rings. The zero-order valence-corrected chi connectivity index (χ0v) is 18.1. The van der Waals surface area contributed by atoms with Gasteiger partial charge in [0.25, 0.3) is 5.56 Å². The smallest absolute Gasteiger partial charge is 0.250 e. The van der Waals surface area contributed by atoms with Crippen molar-refractivity contribution in [3.05, 3.63) is 76.2 Å². The number of carbonyl (C=O) groups is 1. The average Bonchev–Trinajstić information content (AvgIpc) is 3.14. The Hall–Kier alpha value is -3.46. The predicted octanol–water partition coefficient (Wildman–Crippen LogP) is 2.28. The molecule has 0 atom stereocenters. The highest BCUT2D eigenvalue weighted by Crippen LogP contribution is 2.25. The number of hydrogen-bond donors (Lipinski definition) is 1. The summed E-state index contributed by atoms with van der Waals surface area (Å²) in [5.74, 6) is 1.05. The van der Waals surface area contributed by atoms with Gasteiger partial charge in [-0.25, -0.2) is 9.97 Å². The van der Waals surface area contributed by atoms with E-state index in [0.29, 0.717) is 30.4 Å². The summed E-state index contributed by atoms with van der Waals surface area (Å²) in [6, 6.07) is 13.2. The van der Waals surface area contributed by atoms with Gasteiger partial charge in [0.15, 0.2) is 11.6 Å². The SMILES string of the molecule is CSc1ccc2c(C)cc(-n3nc(CC(N)=O)nc3CCn3ccccc3=O)nc2c1. The monoisotopic (exact) mass is 434 g/mol. The molecule has 9 heteroatoms. The first-order valence-corrected chi connectivity index (χ1v) is 11.0. The van der Waals surface area contributed by atoms with Crippen LogP contribution in [0.2, 0.25) is 0 Å². The lowest BCUT2D eigenvalue weighted by Gasteiger charge is -2.10. The van der Waals surface area contributed by atoms with Crippen molar-refractivity contribution in [3.63, 3.8) is 0 Å². The summed E-state index contributed by atoms with van der Waals surface area (Å²) < 4.78 is 3.25. The molecular weight excluding hydrogens is 412 g/mol. The highest BCUT2D eigenvalue weighted by atomic mass is 32.2. The van der Waals surface area contributed by atoms with Crippen LogP contribution in [-0.2, 0) is 24.2 Å².